The highest BCUT2D eigenvalue weighted by Gasteiger charge is 2.28. The van der Waals surface area contributed by atoms with Gasteiger partial charge in [-0.3, -0.25) is 10.3 Å². The number of quaternary nitrogens is 1. The molecule has 0 aromatic heterocycles. The summed E-state index contributed by atoms with van der Waals surface area (Å²) < 4.78 is 0. The monoisotopic (exact) mass is 305 g/mol. The summed E-state index contributed by atoms with van der Waals surface area (Å²) in [6, 6.07) is 21.0. The normalized spacial score (nSPS) is 18.7. The number of benzene rings is 2. The Bertz CT molecular complexity index is 697. The van der Waals surface area contributed by atoms with Gasteiger partial charge in [-0.1, -0.05) is 62.4 Å². The molecule has 1 aliphatic rings. The highest BCUT2D eigenvalue weighted by molar-refractivity contribution is 5.96. The Hall–Kier alpha value is -2.19. The lowest BCUT2D eigenvalue weighted by Crippen LogP contribution is -2.76. The molecule has 2 aromatic rings. The lowest BCUT2D eigenvalue weighted by Gasteiger charge is -2.28. The van der Waals surface area contributed by atoms with Crippen molar-refractivity contribution in [2.75, 3.05) is 0 Å². The number of nitrogens with two attached hydrogens (primary N) is 1. The van der Waals surface area contributed by atoms with Crippen molar-refractivity contribution in [3.8, 4) is 0 Å². The summed E-state index contributed by atoms with van der Waals surface area (Å²) in [6.45, 7) is 5.43. The first kappa shape index (κ1) is 15.7. The van der Waals surface area contributed by atoms with Crippen LogP contribution >= 0.6 is 0 Å². The maximum atomic E-state index is 4.86. The molecule has 0 saturated heterocycles. The van der Waals surface area contributed by atoms with Crippen LogP contribution < -0.4 is 5.32 Å². The summed E-state index contributed by atoms with van der Waals surface area (Å²) >= 11 is 0. The molecule has 0 radical (unpaired) electrons. The molecule has 0 heterocycles. The van der Waals surface area contributed by atoms with Crippen molar-refractivity contribution in [1.29, 1.82) is 0 Å². The van der Waals surface area contributed by atoms with E-state index in [1.54, 1.807) is 0 Å². The van der Waals surface area contributed by atoms with Gasteiger partial charge in [0, 0.05) is 18.2 Å². The van der Waals surface area contributed by atoms with Crippen LogP contribution in [0, 0.1) is 5.41 Å². The molecular formula is C21H25N2+. The van der Waals surface area contributed by atoms with Crippen LogP contribution in [-0.2, 0) is 6.54 Å². The van der Waals surface area contributed by atoms with Gasteiger partial charge in [-0.2, -0.15) is 0 Å². The zero-order valence-corrected chi connectivity index (χ0v) is 14.0. The van der Waals surface area contributed by atoms with Crippen LogP contribution in [0.3, 0.4) is 0 Å². The molecule has 0 aliphatic heterocycles. The molecule has 23 heavy (non-hydrogen) atoms. The van der Waals surface area contributed by atoms with Gasteiger partial charge in [0.25, 0.3) is 0 Å². The summed E-state index contributed by atoms with van der Waals surface area (Å²) in [4.78, 5) is 4.86. The van der Waals surface area contributed by atoms with Gasteiger partial charge in [-0.25, -0.2) is 0 Å². The lowest BCUT2D eigenvalue weighted by atomic mass is 9.78. The van der Waals surface area contributed by atoms with Gasteiger partial charge in [0.05, 0.1) is 6.54 Å². The molecule has 2 aromatic carbocycles. The molecule has 0 atom stereocenters. The minimum Gasteiger partial charge on any atom is -0.285 e. The average molecular weight is 305 g/mol. The largest absolute Gasteiger partial charge is 0.285 e. The van der Waals surface area contributed by atoms with Crippen molar-refractivity contribution >= 4 is 11.4 Å². The van der Waals surface area contributed by atoms with Gasteiger partial charge in [-0.05, 0) is 29.5 Å². The van der Waals surface area contributed by atoms with E-state index in [9.17, 15) is 0 Å². The molecule has 0 saturated carbocycles. The van der Waals surface area contributed by atoms with E-state index >= 15 is 0 Å². The summed E-state index contributed by atoms with van der Waals surface area (Å²) in [5.41, 5.74) is 5.39. The number of hydrogen-bond donors (Lipinski definition) is 1. The van der Waals surface area contributed by atoms with Crippen LogP contribution in [0.25, 0.3) is 0 Å². The van der Waals surface area contributed by atoms with E-state index in [1.165, 1.54) is 22.7 Å². The van der Waals surface area contributed by atoms with Crippen molar-refractivity contribution < 1.29 is 5.32 Å². The van der Waals surface area contributed by atoms with E-state index in [0.29, 0.717) is 0 Å². The molecule has 0 unspecified atom stereocenters. The SMILES string of the molecule is CC1(C)CC([NH2+]c2ccccc2)=CC(=NCc2ccccc2)C1. The third-order valence-electron chi connectivity index (χ3n) is 4.15. The van der Waals surface area contributed by atoms with Gasteiger partial charge in [0.1, 0.15) is 11.4 Å². The van der Waals surface area contributed by atoms with E-state index in [4.69, 9.17) is 4.99 Å². The molecular weight excluding hydrogens is 280 g/mol. The minimum atomic E-state index is 0.269. The first-order valence-corrected chi connectivity index (χ1v) is 8.28. The van der Waals surface area contributed by atoms with Crippen molar-refractivity contribution in [1.82, 2.24) is 0 Å². The number of para-hydroxylation sites is 1. The van der Waals surface area contributed by atoms with Gasteiger partial charge < -0.3 is 0 Å². The summed E-state index contributed by atoms with van der Waals surface area (Å²) in [5, 5.41) is 2.29. The van der Waals surface area contributed by atoms with Gasteiger partial charge in [0.15, 0.2) is 0 Å². The number of hydrogen-bond acceptors (Lipinski definition) is 1. The number of aliphatic imine (C=N–C) groups is 1. The molecule has 2 nitrogen and oxygen atoms in total. The first-order chi connectivity index (χ1) is 11.1. The third-order valence-corrected chi connectivity index (χ3v) is 4.15. The Labute approximate surface area is 139 Å². The third kappa shape index (κ3) is 4.64. The lowest BCUT2D eigenvalue weighted by molar-refractivity contribution is -0.522. The maximum absolute atomic E-state index is 4.86. The van der Waals surface area contributed by atoms with Gasteiger partial charge in [0.2, 0.25) is 0 Å². The predicted octanol–water partition coefficient (Wildman–Crippen LogP) is 4.23. The number of nitrogens with zero attached hydrogens (tertiary/aromatic N) is 1. The Morgan fingerprint density at radius 3 is 2.26 bits per heavy atom. The van der Waals surface area contributed by atoms with Crippen LogP contribution in [0.4, 0.5) is 5.69 Å². The first-order valence-electron chi connectivity index (χ1n) is 8.28. The second-order valence-corrected chi connectivity index (χ2v) is 7.09. The number of rotatable bonds is 4. The molecule has 0 spiro atoms. The summed E-state index contributed by atoms with van der Waals surface area (Å²) in [7, 11) is 0. The van der Waals surface area contributed by atoms with E-state index < -0.39 is 0 Å². The second kappa shape index (κ2) is 6.93. The van der Waals surface area contributed by atoms with Gasteiger partial charge in [-0.15, -0.1) is 0 Å². The van der Waals surface area contributed by atoms with E-state index in [2.05, 4.69) is 79.8 Å². The van der Waals surface area contributed by atoms with Crippen LogP contribution in [-0.4, -0.2) is 5.71 Å². The summed E-state index contributed by atoms with van der Waals surface area (Å²) in [6.07, 6.45) is 4.43. The highest BCUT2D eigenvalue weighted by atomic mass is 14.9. The molecule has 0 fully saturated rings. The van der Waals surface area contributed by atoms with Gasteiger partial charge >= 0.3 is 0 Å². The fourth-order valence-corrected chi connectivity index (χ4v) is 3.16. The Balaban J connectivity index is 1.77. The molecule has 2 N–H and O–H groups in total. The Kier molecular flexibility index (Phi) is 4.73. The topological polar surface area (TPSA) is 29.0 Å². The average Bonchev–Trinajstić information content (AvgIpc) is 2.53. The van der Waals surface area contributed by atoms with Crippen LogP contribution in [0.5, 0.6) is 0 Å². The van der Waals surface area contributed by atoms with Crippen molar-refractivity contribution in [2.24, 2.45) is 10.4 Å². The molecule has 3 rings (SSSR count). The molecule has 0 bridgehead atoms. The standard InChI is InChI=1S/C21H24N2/c1-21(2)14-19(22-16-17-9-5-3-6-10-17)13-20(15-21)23-18-11-7-4-8-12-18/h3-13,23H,14-16H2,1-2H3/p+1. The zero-order chi connectivity index (χ0) is 16.1. The van der Waals surface area contributed by atoms with E-state index in [1.807, 2.05) is 6.07 Å². The van der Waals surface area contributed by atoms with Crippen LogP contribution in [0.15, 0.2) is 77.4 Å². The summed E-state index contributed by atoms with van der Waals surface area (Å²) in [5.74, 6) is 0. The van der Waals surface area contributed by atoms with Crippen LogP contribution in [0.2, 0.25) is 0 Å². The Morgan fingerprint density at radius 1 is 0.913 bits per heavy atom. The fraction of sp³-hybridized carbons (Fsp3) is 0.286. The van der Waals surface area contributed by atoms with E-state index in [0.717, 1.165) is 19.4 Å². The molecule has 1 aliphatic carbocycles. The highest BCUT2D eigenvalue weighted by Crippen LogP contribution is 2.32. The van der Waals surface area contributed by atoms with Crippen molar-refractivity contribution in [3.05, 3.63) is 78.0 Å². The predicted molar refractivity (Wildman–Crippen MR) is 96.7 cm³/mol. The molecule has 2 heteroatoms. The van der Waals surface area contributed by atoms with Crippen molar-refractivity contribution in [2.45, 2.75) is 33.2 Å². The minimum absolute atomic E-state index is 0.269. The zero-order valence-electron chi connectivity index (χ0n) is 14.0. The van der Waals surface area contributed by atoms with Crippen LogP contribution in [0.1, 0.15) is 32.3 Å². The quantitative estimate of drug-likeness (QED) is 0.819. The Morgan fingerprint density at radius 2 is 1.57 bits per heavy atom. The fourth-order valence-electron chi connectivity index (χ4n) is 3.16. The van der Waals surface area contributed by atoms with E-state index in [-0.39, 0.29) is 5.41 Å². The second-order valence-electron chi connectivity index (χ2n) is 7.09. The molecule has 0 amide bonds. The smallest absolute Gasteiger partial charge is 0.134 e. The van der Waals surface area contributed by atoms with Crippen molar-refractivity contribution in [3.63, 3.8) is 0 Å². The molecule has 118 valence electrons. The number of allylic oxidation sites excluding steroid dienone is 2. The maximum Gasteiger partial charge on any atom is 0.134 e.